The molecule has 0 aliphatic heterocycles. The van der Waals surface area contributed by atoms with Crippen molar-refractivity contribution in [3.63, 3.8) is 0 Å². The molecule has 1 aromatic heterocycles. The van der Waals surface area contributed by atoms with E-state index in [1.807, 2.05) is 0 Å². The predicted molar refractivity (Wildman–Crippen MR) is 122 cm³/mol. The van der Waals surface area contributed by atoms with Crippen molar-refractivity contribution in [2.75, 3.05) is 7.11 Å². The van der Waals surface area contributed by atoms with Gasteiger partial charge in [0.05, 0.1) is 7.11 Å². The Hall–Kier alpha value is -3.44. The summed E-state index contributed by atoms with van der Waals surface area (Å²) in [4.78, 5) is 17.7. The molecule has 0 fully saturated rings. The van der Waals surface area contributed by atoms with Gasteiger partial charge >= 0.3 is 202 Å². The molecule has 0 N–H and O–H groups in total. The second-order valence-corrected chi connectivity index (χ2v) is 16.1. The molecule has 0 radical (unpaired) electrons. The van der Waals surface area contributed by atoms with Gasteiger partial charge in [0.2, 0.25) is 0 Å². The Labute approximate surface area is 216 Å². The second kappa shape index (κ2) is 10.6. The number of aryl methyl sites for hydroxylation is 1. The number of nitrogens with zero attached hydrogens (tertiary/aromatic N) is 4. The molecule has 7 nitrogen and oxygen atoms in total. The molecule has 0 spiro atoms. The molecule has 0 aliphatic carbocycles. The predicted octanol–water partition coefficient (Wildman–Crippen LogP) is 4.48. The Morgan fingerprint density at radius 2 is 1.54 bits per heavy atom. The molecule has 0 amide bonds. The van der Waals surface area contributed by atoms with Gasteiger partial charge in [-0.05, 0) is 0 Å². The summed E-state index contributed by atoms with van der Waals surface area (Å²) in [6.45, 7) is 0.802. The van der Waals surface area contributed by atoms with Crippen molar-refractivity contribution in [1.82, 2.24) is 14.3 Å². The van der Waals surface area contributed by atoms with Crippen LogP contribution in [0.25, 0.3) is 5.69 Å². The molecule has 0 aliphatic rings. The summed E-state index contributed by atoms with van der Waals surface area (Å²) in [5, 5.41) is -12.1. The quantitative estimate of drug-likeness (QED) is 0.167. The summed E-state index contributed by atoms with van der Waals surface area (Å²) >= 11 is -8.85. The number of hydrogen-bond acceptors (Lipinski definition) is 5. The third-order valence-electron chi connectivity index (χ3n) is 5.72. The zero-order chi connectivity index (χ0) is 29.4. The Morgan fingerprint density at radius 3 is 2.10 bits per heavy atom. The number of aromatic nitrogens is 3. The number of alkyl halides is 9. The number of hydrogen-bond donors (Lipinski definition) is 0. The molecule has 0 atom stereocenters. The fourth-order valence-electron chi connectivity index (χ4n) is 3.83. The van der Waals surface area contributed by atoms with Crippen LogP contribution in [-0.2, 0) is 18.5 Å². The monoisotopic (exact) mass is 632 g/mol. The van der Waals surface area contributed by atoms with E-state index < -0.39 is 43.9 Å². The van der Waals surface area contributed by atoms with E-state index in [1.54, 1.807) is 12.1 Å². The topological polar surface area (TPSA) is 70.6 Å². The van der Waals surface area contributed by atoms with Gasteiger partial charge < -0.3 is 0 Å². The molecular formula is C22H19F9GeN4O3. The Kier molecular flexibility index (Phi) is 8.19. The summed E-state index contributed by atoms with van der Waals surface area (Å²) in [6.07, 6.45) is 0. The van der Waals surface area contributed by atoms with E-state index in [9.17, 15) is 44.3 Å². The molecular weight excluding hydrogens is 612 g/mol. The normalized spacial score (nSPS) is 13.5. The van der Waals surface area contributed by atoms with Crippen molar-refractivity contribution in [3.8, 4) is 11.7 Å². The van der Waals surface area contributed by atoms with E-state index in [4.69, 9.17) is 9.57 Å². The first-order valence-electron chi connectivity index (χ1n) is 10.7. The van der Waals surface area contributed by atoms with Gasteiger partial charge in [-0.1, -0.05) is 0 Å². The molecule has 0 unspecified atom stereocenters. The van der Waals surface area contributed by atoms with Gasteiger partial charge in [-0.2, -0.15) is 0 Å². The standard InChI is InChI=1S/C22H19F9GeN4O3/c1-13(14-8-6-9-16(11-14)32(20(23,24)25,21(26,27)28)22(29,30)31)34-39-12-15-7-4-5-10-17(15)36-18(38-3)33-35(2)19(36)37/h4-11H,12H2,1-3H3/b34-13-. The fourth-order valence-corrected chi connectivity index (χ4v) is 9.42. The van der Waals surface area contributed by atoms with Crippen LogP contribution < -0.4 is 14.8 Å². The minimum absolute atomic E-state index is 0.0560. The van der Waals surface area contributed by atoms with Crippen molar-refractivity contribution in [2.45, 2.75) is 28.6 Å². The van der Waals surface area contributed by atoms with Crippen LogP contribution in [0.15, 0.2) is 58.5 Å². The molecule has 212 valence electrons. The molecule has 3 aromatic rings. The first kappa shape index (κ1) is 30.1. The Morgan fingerprint density at radius 1 is 0.949 bits per heavy atom. The average molecular weight is 631 g/mol. The molecule has 1 heterocycles. The van der Waals surface area contributed by atoms with Crippen molar-refractivity contribution in [1.29, 1.82) is 0 Å². The first-order chi connectivity index (χ1) is 18.0. The van der Waals surface area contributed by atoms with E-state index in [0.29, 0.717) is 11.6 Å². The van der Waals surface area contributed by atoms with Crippen LogP contribution in [-0.4, -0.2) is 55.5 Å². The number of halogens is 9. The van der Waals surface area contributed by atoms with Crippen LogP contribution in [0.3, 0.4) is 0 Å². The van der Waals surface area contributed by atoms with E-state index in [-0.39, 0.29) is 36.1 Å². The molecule has 39 heavy (non-hydrogen) atoms. The van der Waals surface area contributed by atoms with Crippen molar-refractivity contribution in [3.05, 3.63) is 70.1 Å². The van der Waals surface area contributed by atoms with Crippen molar-refractivity contribution in [2.24, 2.45) is 12.2 Å². The molecule has 3 rings (SSSR count). The number of benzene rings is 2. The molecule has 0 saturated carbocycles. The van der Waals surface area contributed by atoms with Gasteiger partial charge in [-0.15, -0.1) is 0 Å². The summed E-state index contributed by atoms with van der Waals surface area (Å²) < 4.78 is 128. The zero-order valence-electron chi connectivity index (χ0n) is 20.2. The van der Waals surface area contributed by atoms with Crippen LogP contribution in [0.5, 0.6) is 6.01 Å². The van der Waals surface area contributed by atoms with Crippen molar-refractivity contribution >= 4 is 23.4 Å². The van der Waals surface area contributed by atoms with E-state index in [1.165, 1.54) is 26.3 Å². The number of rotatable bonds is 7. The molecule has 0 bridgehead atoms. The van der Waals surface area contributed by atoms with E-state index in [0.717, 1.165) is 22.2 Å². The number of ether oxygens (including phenoxy) is 1. The summed E-state index contributed by atoms with van der Waals surface area (Å²) in [7, 11) is 2.67. The zero-order valence-corrected chi connectivity index (χ0v) is 22.3. The third kappa shape index (κ3) is 5.38. The summed E-state index contributed by atoms with van der Waals surface area (Å²) in [6, 6.07) is 8.26. The Balaban J connectivity index is 1.97. The summed E-state index contributed by atoms with van der Waals surface area (Å²) in [5.41, 5.74) is -0.645. The number of oxime groups is 1. The van der Waals surface area contributed by atoms with Crippen molar-refractivity contribution < 1.29 is 49.1 Å². The van der Waals surface area contributed by atoms with Gasteiger partial charge in [0.25, 0.3) is 0 Å². The van der Waals surface area contributed by atoms with Gasteiger partial charge in [0, 0.05) is 7.05 Å². The number of para-hydroxylation sites is 1. The molecule has 2 aromatic carbocycles. The van der Waals surface area contributed by atoms with Crippen LogP contribution >= 0.6 is 0 Å². The SMILES string of the molecule is COc1nn(C)c(=O)n1-c1ccccc1CO/N=C(/C)c1ccc[c]([Ge]([C](F)(F)F)([C](F)(F)F)[C](F)(F)F)c1. The van der Waals surface area contributed by atoms with E-state index in [2.05, 4.69) is 10.3 Å². The van der Waals surface area contributed by atoms with Gasteiger partial charge in [-0.25, -0.2) is 0 Å². The van der Waals surface area contributed by atoms with E-state index >= 15 is 0 Å². The minimum atomic E-state index is -8.85. The maximum absolute atomic E-state index is 13.6. The third-order valence-corrected chi connectivity index (χ3v) is 13.5. The fraction of sp³-hybridized carbons (Fsp3) is 0.318. The number of methoxy groups -OCH3 is 1. The molecule has 17 heteroatoms. The van der Waals surface area contributed by atoms with Gasteiger partial charge in [-0.3, -0.25) is 0 Å². The van der Waals surface area contributed by atoms with Crippen LogP contribution in [0, 0.1) is 0 Å². The van der Waals surface area contributed by atoms with Crippen LogP contribution in [0.2, 0.25) is 0 Å². The van der Waals surface area contributed by atoms with Crippen LogP contribution in [0.4, 0.5) is 39.5 Å². The summed E-state index contributed by atoms with van der Waals surface area (Å²) in [5.74, 6) is 0. The average Bonchev–Trinajstić information content (AvgIpc) is 3.10. The first-order valence-corrected chi connectivity index (χ1v) is 14.9. The van der Waals surface area contributed by atoms with Gasteiger partial charge in [0.15, 0.2) is 0 Å². The Bertz CT molecular complexity index is 1390. The van der Waals surface area contributed by atoms with Crippen LogP contribution in [0.1, 0.15) is 18.1 Å². The van der Waals surface area contributed by atoms with Gasteiger partial charge in [0.1, 0.15) is 0 Å². The second-order valence-electron chi connectivity index (χ2n) is 8.13. The molecule has 0 saturated heterocycles. The maximum atomic E-state index is 13.6.